The Labute approximate surface area is 121 Å². The van der Waals surface area contributed by atoms with Gasteiger partial charge in [-0.2, -0.15) is 0 Å². The zero-order chi connectivity index (χ0) is 14.4. The van der Waals surface area contributed by atoms with Gasteiger partial charge in [-0.05, 0) is 25.2 Å². The van der Waals surface area contributed by atoms with Gasteiger partial charge in [0.15, 0.2) is 0 Å². The van der Waals surface area contributed by atoms with Crippen LogP contribution in [0.1, 0.15) is 52.4 Å². The average Bonchev–Trinajstić information content (AvgIpc) is 2.40. The van der Waals surface area contributed by atoms with Crippen molar-refractivity contribution in [3.8, 4) is 0 Å². The molecule has 4 nitrogen and oxygen atoms in total. The molecule has 0 bridgehead atoms. The van der Waals surface area contributed by atoms with Crippen molar-refractivity contribution < 1.29 is 9.53 Å². The fraction of sp³-hybridized carbons (Fsp3) is 0.938. The van der Waals surface area contributed by atoms with Crippen LogP contribution in [0.5, 0.6) is 0 Å². The van der Waals surface area contributed by atoms with Crippen molar-refractivity contribution in [2.45, 2.75) is 64.0 Å². The lowest BCUT2D eigenvalue weighted by atomic mass is 9.46. The molecule has 2 aliphatic carbocycles. The molecule has 3 aliphatic rings. The molecule has 1 heterocycles. The predicted molar refractivity (Wildman–Crippen MR) is 78.1 cm³/mol. The third-order valence-corrected chi connectivity index (χ3v) is 6.12. The first-order chi connectivity index (χ1) is 9.48. The molecule has 114 valence electrons. The van der Waals surface area contributed by atoms with Crippen molar-refractivity contribution in [2.75, 3.05) is 13.2 Å². The maximum atomic E-state index is 12.6. The summed E-state index contributed by atoms with van der Waals surface area (Å²) < 4.78 is 5.85. The topological polar surface area (TPSA) is 64.3 Å². The summed E-state index contributed by atoms with van der Waals surface area (Å²) in [4.78, 5) is 12.6. The number of hydrogen-bond donors (Lipinski definition) is 2. The number of fused-ring (bicyclic) bond motifs is 1. The zero-order valence-corrected chi connectivity index (χ0v) is 12.8. The lowest BCUT2D eigenvalue weighted by Crippen LogP contribution is -2.82. The fourth-order valence-corrected chi connectivity index (χ4v) is 4.35. The monoisotopic (exact) mass is 280 g/mol. The van der Waals surface area contributed by atoms with E-state index in [1.54, 1.807) is 0 Å². The van der Waals surface area contributed by atoms with Crippen molar-refractivity contribution in [3.63, 3.8) is 0 Å². The van der Waals surface area contributed by atoms with Crippen molar-refractivity contribution in [1.82, 2.24) is 5.32 Å². The number of rotatable bonds is 4. The molecule has 4 heteroatoms. The molecule has 3 N–H and O–H groups in total. The van der Waals surface area contributed by atoms with E-state index in [1.807, 2.05) is 0 Å². The van der Waals surface area contributed by atoms with Gasteiger partial charge < -0.3 is 15.8 Å². The van der Waals surface area contributed by atoms with Gasteiger partial charge in [0, 0.05) is 24.5 Å². The molecule has 1 amide bonds. The Hall–Kier alpha value is -0.610. The van der Waals surface area contributed by atoms with Crippen molar-refractivity contribution in [1.29, 1.82) is 0 Å². The van der Waals surface area contributed by atoms with E-state index in [9.17, 15) is 4.79 Å². The molecule has 0 aromatic rings. The van der Waals surface area contributed by atoms with Crippen LogP contribution in [0.4, 0.5) is 0 Å². The second-order valence-corrected chi connectivity index (χ2v) is 7.47. The van der Waals surface area contributed by atoms with E-state index < -0.39 is 5.54 Å². The van der Waals surface area contributed by atoms with E-state index in [0.29, 0.717) is 0 Å². The van der Waals surface area contributed by atoms with Crippen LogP contribution < -0.4 is 11.1 Å². The smallest absolute Gasteiger partial charge is 0.241 e. The third kappa shape index (κ3) is 1.92. The van der Waals surface area contributed by atoms with Crippen LogP contribution in [0.15, 0.2) is 0 Å². The van der Waals surface area contributed by atoms with E-state index in [4.69, 9.17) is 10.5 Å². The highest BCUT2D eigenvalue weighted by molar-refractivity contribution is 5.89. The minimum absolute atomic E-state index is 0.0357. The summed E-state index contributed by atoms with van der Waals surface area (Å²) in [6, 6.07) is 0. The van der Waals surface area contributed by atoms with Crippen LogP contribution in [-0.4, -0.2) is 30.7 Å². The first-order valence-electron chi connectivity index (χ1n) is 8.16. The van der Waals surface area contributed by atoms with Gasteiger partial charge in [-0.3, -0.25) is 4.79 Å². The second kappa shape index (κ2) is 4.99. The number of ether oxygens (including phenoxy) is 1. The molecular weight excluding hydrogens is 252 g/mol. The second-order valence-electron chi connectivity index (χ2n) is 7.47. The van der Waals surface area contributed by atoms with E-state index in [2.05, 4.69) is 19.2 Å². The molecule has 3 unspecified atom stereocenters. The average molecular weight is 280 g/mol. The standard InChI is InChI=1S/C16H28N2O2/c1-15(2)13-12(7-4-10-20-13)16(15,17)14(19)18-9-8-11-5-3-6-11/h11-13H,3-10,17H2,1-2H3,(H,18,19). The first-order valence-corrected chi connectivity index (χ1v) is 8.16. The minimum Gasteiger partial charge on any atom is -0.377 e. The van der Waals surface area contributed by atoms with E-state index in [-0.39, 0.29) is 23.3 Å². The van der Waals surface area contributed by atoms with Gasteiger partial charge in [-0.1, -0.05) is 33.1 Å². The molecule has 3 fully saturated rings. The quantitative estimate of drug-likeness (QED) is 0.825. The molecule has 0 radical (unpaired) electrons. The molecule has 0 spiro atoms. The number of carbonyl (C=O) groups excluding carboxylic acids is 1. The summed E-state index contributed by atoms with van der Waals surface area (Å²) in [5.74, 6) is 1.05. The molecular formula is C16H28N2O2. The number of nitrogens with two attached hydrogens (primary N) is 1. The predicted octanol–water partition coefficient (Wildman–Crippen LogP) is 1.83. The number of carbonyl (C=O) groups is 1. The number of nitrogens with one attached hydrogen (secondary N) is 1. The van der Waals surface area contributed by atoms with Gasteiger partial charge in [-0.15, -0.1) is 0 Å². The largest absolute Gasteiger partial charge is 0.377 e. The van der Waals surface area contributed by atoms with E-state index in [0.717, 1.165) is 38.3 Å². The summed E-state index contributed by atoms with van der Waals surface area (Å²) in [5, 5.41) is 3.09. The lowest BCUT2D eigenvalue weighted by Gasteiger charge is -2.65. The normalized spacial score (nSPS) is 39.4. The summed E-state index contributed by atoms with van der Waals surface area (Å²) in [7, 11) is 0. The number of amides is 1. The Morgan fingerprint density at radius 1 is 1.30 bits per heavy atom. The Kier molecular flexibility index (Phi) is 3.57. The molecule has 3 rings (SSSR count). The first kappa shape index (κ1) is 14.3. The zero-order valence-electron chi connectivity index (χ0n) is 12.8. The van der Waals surface area contributed by atoms with Gasteiger partial charge in [-0.25, -0.2) is 0 Å². The van der Waals surface area contributed by atoms with Crippen molar-refractivity contribution in [3.05, 3.63) is 0 Å². The van der Waals surface area contributed by atoms with Gasteiger partial charge in [0.25, 0.3) is 0 Å². The highest BCUT2D eigenvalue weighted by Gasteiger charge is 2.70. The summed E-state index contributed by atoms with van der Waals surface area (Å²) in [6.45, 7) is 5.73. The Bertz CT molecular complexity index is 392. The van der Waals surface area contributed by atoms with Gasteiger partial charge >= 0.3 is 0 Å². The molecule has 2 saturated carbocycles. The summed E-state index contributed by atoms with van der Waals surface area (Å²) in [5.41, 5.74) is 5.53. The number of hydrogen-bond acceptors (Lipinski definition) is 3. The highest BCUT2D eigenvalue weighted by atomic mass is 16.5. The van der Waals surface area contributed by atoms with Gasteiger partial charge in [0.2, 0.25) is 5.91 Å². The Balaban J connectivity index is 1.59. The van der Waals surface area contributed by atoms with E-state index in [1.165, 1.54) is 19.3 Å². The molecule has 1 aliphatic heterocycles. The van der Waals surface area contributed by atoms with Crippen LogP contribution in [0, 0.1) is 17.3 Å². The fourth-order valence-electron chi connectivity index (χ4n) is 4.35. The molecule has 0 aromatic carbocycles. The van der Waals surface area contributed by atoms with Crippen molar-refractivity contribution in [2.24, 2.45) is 23.0 Å². The van der Waals surface area contributed by atoms with Gasteiger partial charge in [0.05, 0.1) is 6.10 Å². The van der Waals surface area contributed by atoms with Crippen LogP contribution in [0.25, 0.3) is 0 Å². The van der Waals surface area contributed by atoms with Crippen molar-refractivity contribution >= 4 is 5.91 Å². The summed E-state index contributed by atoms with van der Waals surface area (Å²) in [6.07, 6.45) is 7.30. The Morgan fingerprint density at radius 3 is 2.70 bits per heavy atom. The molecule has 0 aromatic heterocycles. The maximum Gasteiger partial charge on any atom is 0.241 e. The van der Waals surface area contributed by atoms with E-state index >= 15 is 0 Å². The molecule has 20 heavy (non-hydrogen) atoms. The molecule has 3 atom stereocenters. The Morgan fingerprint density at radius 2 is 2.05 bits per heavy atom. The van der Waals surface area contributed by atoms with Crippen LogP contribution in [0.2, 0.25) is 0 Å². The maximum absolute atomic E-state index is 12.6. The van der Waals surface area contributed by atoms with Crippen LogP contribution in [0.3, 0.4) is 0 Å². The summed E-state index contributed by atoms with van der Waals surface area (Å²) >= 11 is 0. The van der Waals surface area contributed by atoms with Crippen LogP contribution >= 0.6 is 0 Å². The SMILES string of the molecule is CC1(C)C2OCCCC2C1(N)C(=O)NCCC1CCC1. The lowest BCUT2D eigenvalue weighted by molar-refractivity contribution is -0.225. The highest BCUT2D eigenvalue weighted by Crippen LogP contribution is 2.57. The molecule has 1 saturated heterocycles. The third-order valence-electron chi connectivity index (χ3n) is 6.12. The van der Waals surface area contributed by atoms with Gasteiger partial charge in [0.1, 0.15) is 5.54 Å². The minimum atomic E-state index is -0.752. The van der Waals surface area contributed by atoms with Crippen LogP contribution in [-0.2, 0) is 9.53 Å².